The molecule has 0 radical (unpaired) electrons. The highest BCUT2D eigenvalue weighted by Gasteiger charge is 2.17. The molecule has 82 valence electrons. The van der Waals surface area contributed by atoms with Gasteiger partial charge in [-0.2, -0.15) is 5.10 Å². The maximum absolute atomic E-state index is 12.9. The molecule has 0 aliphatic rings. The molecule has 0 fully saturated rings. The van der Waals surface area contributed by atoms with Crippen molar-refractivity contribution >= 4 is 5.69 Å². The first-order valence-corrected chi connectivity index (χ1v) is 4.40. The van der Waals surface area contributed by atoms with Crippen LogP contribution in [0.2, 0.25) is 0 Å². The van der Waals surface area contributed by atoms with Gasteiger partial charge < -0.3 is 0 Å². The minimum atomic E-state index is -0.660. The number of hydrogen-bond donors (Lipinski definition) is 0. The molecule has 0 saturated carbocycles. The highest BCUT2D eigenvalue weighted by atomic mass is 19.1. The Balaban J connectivity index is 2.60. The van der Waals surface area contributed by atoms with Crippen molar-refractivity contribution in [2.75, 3.05) is 0 Å². The van der Waals surface area contributed by atoms with Crippen LogP contribution in [-0.2, 0) is 0 Å². The molecule has 0 unspecified atom stereocenters. The zero-order valence-electron chi connectivity index (χ0n) is 8.29. The number of rotatable bonds is 2. The summed E-state index contributed by atoms with van der Waals surface area (Å²) in [5.74, 6) is -0.175. The standard InChI is InChI=1S/C9H7FN4O2/c1-6-11-5-13(12-6)8-3-2-7(10)4-9(8)14(15)16/h2-5H,1H3. The molecule has 6 nitrogen and oxygen atoms in total. The van der Waals surface area contributed by atoms with Crippen LogP contribution >= 0.6 is 0 Å². The third kappa shape index (κ3) is 1.74. The van der Waals surface area contributed by atoms with Crippen LogP contribution in [0.1, 0.15) is 5.82 Å². The van der Waals surface area contributed by atoms with E-state index in [0.717, 1.165) is 12.1 Å². The summed E-state index contributed by atoms with van der Waals surface area (Å²) in [5.41, 5.74) is -0.156. The van der Waals surface area contributed by atoms with Crippen LogP contribution in [0.5, 0.6) is 0 Å². The van der Waals surface area contributed by atoms with Gasteiger partial charge >= 0.3 is 0 Å². The Morgan fingerprint density at radius 3 is 2.81 bits per heavy atom. The second-order valence-corrected chi connectivity index (χ2v) is 3.13. The number of aromatic nitrogens is 3. The Kier molecular flexibility index (Phi) is 2.35. The van der Waals surface area contributed by atoms with Crippen LogP contribution in [0.4, 0.5) is 10.1 Å². The summed E-state index contributed by atoms with van der Waals surface area (Å²) in [6.45, 7) is 1.66. The van der Waals surface area contributed by atoms with E-state index in [1.54, 1.807) is 6.92 Å². The van der Waals surface area contributed by atoms with Crippen molar-refractivity contribution in [3.8, 4) is 5.69 Å². The van der Waals surface area contributed by atoms with Crippen LogP contribution in [0.3, 0.4) is 0 Å². The molecule has 2 aromatic rings. The van der Waals surface area contributed by atoms with Crippen molar-refractivity contribution in [1.29, 1.82) is 0 Å². The van der Waals surface area contributed by atoms with Gasteiger partial charge in [-0.05, 0) is 19.1 Å². The first-order valence-electron chi connectivity index (χ1n) is 4.40. The summed E-state index contributed by atoms with van der Waals surface area (Å²) in [7, 11) is 0. The van der Waals surface area contributed by atoms with E-state index >= 15 is 0 Å². The second-order valence-electron chi connectivity index (χ2n) is 3.13. The zero-order valence-corrected chi connectivity index (χ0v) is 8.29. The van der Waals surface area contributed by atoms with Gasteiger partial charge in [-0.1, -0.05) is 0 Å². The molecule has 1 aromatic carbocycles. The van der Waals surface area contributed by atoms with Crippen molar-refractivity contribution in [2.45, 2.75) is 6.92 Å². The molecule has 0 bridgehead atoms. The fourth-order valence-corrected chi connectivity index (χ4v) is 1.30. The molecule has 0 aliphatic carbocycles. The third-order valence-electron chi connectivity index (χ3n) is 1.99. The maximum atomic E-state index is 12.9. The predicted molar refractivity (Wildman–Crippen MR) is 52.7 cm³/mol. The summed E-state index contributed by atoms with van der Waals surface area (Å²) in [4.78, 5) is 13.9. The quantitative estimate of drug-likeness (QED) is 0.571. The van der Waals surface area contributed by atoms with Crippen LogP contribution < -0.4 is 0 Å². The van der Waals surface area contributed by atoms with Gasteiger partial charge in [-0.25, -0.2) is 14.1 Å². The van der Waals surface area contributed by atoms with Gasteiger partial charge in [0.05, 0.1) is 11.0 Å². The molecule has 0 amide bonds. The van der Waals surface area contributed by atoms with Gasteiger partial charge in [0, 0.05) is 0 Å². The molecule has 16 heavy (non-hydrogen) atoms. The van der Waals surface area contributed by atoms with Crippen LogP contribution in [0, 0.1) is 22.9 Å². The van der Waals surface area contributed by atoms with Gasteiger partial charge in [0.15, 0.2) is 0 Å². The minimum Gasteiger partial charge on any atom is -0.258 e. The van der Waals surface area contributed by atoms with E-state index in [1.807, 2.05) is 0 Å². The lowest BCUT2D eigenvalue weighted by molar-refractivity contribution is -0.384. The van der Waals surface area contributed by atoms with Gasteiger partial charge in [0.1, 0.15) is 23.7 Å². The number of nitro benzene ring substituents is 1. The first-order chi connectivity index (χ1) is 7.58. The lowest BCUT2D eigenvalue weighted by atomic mass is 10.2. The Labute approximate surface area is 89.5 Å². The molecule has 1 heterocycles. The molecule has 0 spiro atoms. The highest BCUT2D eigenvalue weighted by molar-refractivity contribution is 5.51. The summed E-state index contributed by atoms with van der Waals surface area (Å²) in [6.07, 6.45) is 1.34. The molecular weight excluding hydrogens is 215 g/mol. The molecule has 7 heteroatoms. The third-order valence-corrected chi connectivity index (χ3v) is 1.99. The van der Waals surface area contributed by atoms with Gasteiger partial charge in [-0.15, -0.1) is 0 Å². The SMILES string of the molecule is Cc1ncn(-c2ccc(F)cc2[N+](=O)[O-])n1. The summed E-state index contributed by atoms with van der Waals surface area (Å²) < 4.78 is 14.1. The Hall–Kier alpha value is -2.31. The van der Waals surface area contributed by atoms with E-state index in [1.165, 1.54) is 17.1 Å². The van der Waals surface area contributed by atoms with Crippen molar-refractivity contribution in [1.82, 2.24) is 14.8 Å². The lowest BCUT2D eigenvalue weighted by Crippen LogP contribution is -2.01. The maximum Gasteiger partial charge on any atom is 0.297 e. The van der Waals surface area contributed by atoms with Crippen molar-refractivity contribution in [3.05, 3.63) is 46.3 Å². The minimum absolute atomic E-state index is 0.187. The summed E-state index contributed by atoms with van der Waals surface area (Å²) in [5, 5.41) is 14.7. The average molecular weight is 222 g/mol. The largest absolute Gasteiger partial charge is 0.297 e. The van der Waals surface area contributed by atoms with Crippen molar-refractivity contribution in [3.63, 3.8) is 0 Å². The Morgan fingerprint density at radius 2 is 2.25 bits per heavy atom. The number of hydrogen-bond acceptors (Lipinski definition) is 4. The number of nitro groups is 1. The Bertz CT molecular complexity index is 552. The van der Waals surface area contributed by atoms with Gasteiger partial charge in [-0.3, -0.25) is 10.1 Å². The molecule has 0 aliphatic heterocycles. The zero-order chi connectivity index (χ0) is 11.7. The molecule has 0 N–H and O–H groups in total. The number of aryl methyl sites for hydroxylation is 1. The number of halogens is 1. The van der Waals surface area contributed by atoms with E-state index in [-0.39, 0.29) is 11.4 Å². The molecule has 0 atom stereocenters. The lowest BCUT2D eigenvalue weighted by Gasteiger charge is -2.01. The van der Waals surface area contributed by atoms with E-state index in [0.29, 0.717) is 5.82 Å². The van der Waals surface area contributed by atoms with Crippen LogP contribution in [0.25, 0.3) is 5.69 Å². The average Bonchev–Trinajstić information content (AvgIpc) is 2.64. The van der Waals surface area contributed by atoms with Gasteiger partial charge in [0.25, 0.3) is 5.69 Å². The normalized spacial score (nSPS) is 10.4. The summed E-state index contributed by atoms with van der Waals surface area (Å²) in [6, 6.07) is 3.28. The van der Waals surface area contributed by atoms with Crippen LogP contribution in [-0.4, -0.2) is 19.7 Å². The number of nitrogens with zero attached hydrogens (tertiary/aromatic N) is 4. The van der Waals surface area contributed by atoms with Crippen molar-refractivity contribution < 1.29 is 9.31 Å². The smallest absolute Gasteiger partial charge is 0.258 e. The molecular formula is C9H7FN4O2. The van der Waals surface area contributed by atoms with Gasteiger partial charge in [0.2, 0.25) is 0 Å². The fourth-order valence-electron chi connectivity index (χ4n) is 1.30. The first kappa shape index (κ1) is 10.2. The molecule has 1 aromatic heterocycles. The molecule has 0 saturated heterocycles. The van der Waals surface area contributed by atoms with E-state index < -0.39 is 10.7 Å². The second kappa shape index (κ2) is 3.69. The van der Waals surface area contributed by atoms with Crippen LogP contribution in [0.15, 0.2) is 24.5 Å². The Morgan fingerprint density at radius 1 is 1.50 bits per heavy atom. The van der Waals surface area contributed by atoms with E-state index in [9.17, 15) is 14.5 Å². The molecule has 2 rings (SSSR count). The monoisotopic (exact) mass is 222 g/mol. The summed E-state index contributed by atoms with van der Waals surface area (Å²) >= 11 is 0. The highest BCUT2D eigenvalue weighted by Crippen LogP contribution is 2.22. The topological polar surface area (TPSA) is 73.8 Å². The van der Waals surface area contributed by atoms with Crippen molar-refractivity contribution in [2.24, 2.45) is 0 Å². The predicted octanol–water partition coefficient (Wildman–Crippen LogP) is 1.62. The number of benzene rings is 1. The van der Waals surface area contributed by atoms with E-state index in [2.05, 4.69) is 10.1 Å². The fraction of sp³-hybridized carbons (Fsp3) is 0.111. The van der Waals surface area contributed by atoms with E-state index in [4.69, 9.17) is 0 Å².